The molecule has 1 saturated heterocycles. The van der Waals surface area contributed by atoms with E-state index < -0.39 is 4.92 Å². The van der Waals surface area contributed by atoms with Crippen LogP contribution in [-0.4, -0.2) is 45.4 Å². The zero-order chi connectivity index (χ0) is 19.6. The number of aliphatic imine (C=N–C) groups is 1. The average Bonchev–Trinajstić information content (AvgIpc) is 2.91. The quantitative estimate of drug-likeness (QED) is 0.524. The third kappa shape index (κ3) is 4.78. The SMILES string of the molecule is CC(=O)N(c1ccc([N+](=O)[O-])cc1)C1C(C)SC(=NC2CCCCC2)N1C.Cl. The molecular formula is C19H27ClN4O3S. The van der Waals surface area contributed by atoms with Gasteiger partial charge in [-0.05, 0) is 31.9 Å². The summed E-state index contributed by atoms with van der Waals surface area (Å²) in [5.74, 6) is -0.0907. The predicted molar refractivity (Wildman–Crippen MR) is 116 cm³/mol. The van der Waals surface area contributed by atoms with Crippen LogP contribution in [0.2, 0.25) is 0 Å². The highest BCUT2D eigenvalue weighted by atomic mass is 35.5. The maximum atomic E-state index is 12.5. The van der Waals surface area contributed by atoms with E-state index in [0.717, 1.165) is 18.0 Å². The minimum Gasteiger partial charge on any atom is -0.333 e. The van der Waals surface area contributed by atoms with Gasteiger partial charge >= 0.3 is 0 Å². The molecule has 1 aromatic carbocycles. The fraction of sp³-hybridized carbons (Fsp3) is 0.579. The van der Waals surface area contributed by atoms with Crippen molar-refractivity contribution in [1.82, 2.24) is 4.90 Å². The van der Waals surface area contributed by atoms with Crippen LogP contribution in [0.1, 0.15) is 46.0 Å². The average molecular weight is 427 g/mol. The van der Waals surface area contributed by atoms with E-state index in [2.05, 4.69) is 11.8 Å². The van der Waals surface area contributed by atoms with Gasteiger partial charge in [0.05, 0.1) is 11.0 Å². The van der Waals surface area contributed by atoms with Gasteiger partial charge in [0.15, 0.2) is 5.17 Å². The van der Waals surface area contributed by atoms with Crippen molar-refractivity contribution in [2.24, 2.45) is 4.99 Å². The number of hydrogen-bond acceptors (Lipinski definition) is 5. The number of benzene rings is 1. The lowest BCUT2D eigenvalue weighted by molar-refractivity contribution is -0.384. The second kappa shape index (κ2) is 9.60. The Hall–Kier alpha value is -1.80. The summed E-state index contributed by atoms with van der Waals surface area (Å²) in [7, 11) is 1.98. The second-order valence-electron chi connectivity index (χ2n) is 7.21. The number of carbonyl (C=O) groups excluding carboxylic acids is 1. The molecule has 1 aliphatic heterocycles. The molecule has 0 bridgehead atoms. The van der Waals surface area contributed by atoms with Crippen LogP contribution in [0, 0.1) is 10.1 Å². The Balaban J connectivity index is 0.00000280. The van der Waals surface area contributed by atoms with Crippen molar-refractivity contribution in [1.29, 1.82) is 0 Å². The molecule has 0 N–H and O–H groups in total. The molecule has 1 aliphatic carbocycles. The molecule has 7 nitrogen and oxygen atoms in total. The number of thioether (sulfide) groups is 1. The summed E-state index contributed by atoms with van der Waals surface area (Å²) < 4.78 is 0. The van der Waals surface area contributed by atoms with E-state index in [0.29, 0.717) is 11.7 Å². The number of amides is 1. The molecule has 2 fully saturated rings. The molecule has 3 rings (SSSR count). The fourth-order valence-corrected chi connectivity index (χ4v) is 5.11. The maximum Gasteiger partial charge on any atom is 0.269 e. The number of halogens is 1. The van der Waals surface area contributed by atoms with Crippen molar-refractivity contribution in [2.45, 2.75) is 63.4 Å². The second-order valence-corrected chi connectivity index (χ2v) is 8.56. The van der Waals surface area contributed by atoms with Crippen molar-refractivity contribution in [3.05, 3.63) is 34.4 Å². The number of nitro groups is 1. The molecule has 0 aromatic heterocycles. The lowest BCUT2D eigenvalue weighted by Crippen LogP contribution is -2.50. The Kier molecular flexibility index (Phi) is 7.71. The highest BCUT2D eigenvalue weighted by molar-refractivity contribution is 8.14. The summed E-state index contributed by atoms with van der Waals surface area (Å²) in [4.78, 5) is 31.7. The lowest BCUT2D eigenvalue weighted by atomic mass is 9.96. The minimum absolute atomic E-state index is 0. The van der Waals surface area contributed by atoms with E-state index in [-0.39, 0.29) is 35.4 Å². The number of nitrogens with zero attached hydrogens (tertiary/aromatic N) is 4. The highest BCUT2D eigenvalue weighted by Crippen LogP contribution is 2.36. The Labute approximate surface area is 176 Å². The van der Waals surface area contributed by atoms with Crippen LogP contribution < -0.4 is 4.90 Å². The minimum atomic E-state index is -0.434. The molecule has 2 atom stereocenters. The molecule has 28 heavy (non-hydrogen) atoms. The Morgan fingerprint density at radius 3 is 2.39 bits per heavy atom. The van der Waals surface area contributed by atoms with E-state index in [1.165, 1.54) is 38.3 Å². The van der Waals surface area contributed by atoms with Crippen LogP contribution in [0.4, 0.5) is 11.4 Å². The fourth-order valence-electron chi connectivity index (χ4n) is 3.87. The van der Waals surface area contributed by atoms with Gasteiger partial charge in [-0.2, -0.15) is 0 Å². The molecule has 9 heteroatoms. The summed E-state index contributed by atoms with van der Waals surface area (Å²) in [6.45, 7) is 3.62. The highest BCUT2D eigenvalue weighted by Gasteiger charge is 2.40. The third-order valence-corrected chi connectivity index (χ3v) is 6.44. The van der Waals surface area contributed by atoms with Gasteiger partial charge in [0, 0.05) is 37.0 Å². The number of rotatable bonds is 4. The summed E-state index contributed by atoms with van der Waals surface area (Å²) in [6.07, 6.45) is 5.86. The molecule has 154 valence electrons. The number of carbonyl (C=O) groups is 1. The molecule has 0 spiro atoms. The van der Waals surface area contributed by atoms with E-state index in [4.69, 9.17) is 4.99 Å². The van der Waals surface area contributed by atoms with E-state index >= 15 is 0 Å². The van der Waals surface area contributed by atoms with Crippen LogP contribution in [0.25, 0.3) is 0 Å². The van der Waals surface area contributed by atoms with Gasteiger partial charge in [-0.3, -0.25) is 24.8 Å². The molecule has 1 saturated carbocycles. The van der Waals surface area contributed by atoms with Crippen LogP contribution in [0.3, 0.4) is 0 Å². The first-order valence-electron chi connectivity index (χ1n) is 9.40. The number of anilines is 1. The van der Waals surface area contributed by atoms with Crippen LogP contribution >= 0.6 is 24.2 Å². The van der Waals surface area contributed by atoms with Gasteiger partial charge in [0.25, 0.3) is 5.69 Å². The normalized spacial score (nSPS) is 24.1. The van der Waals surface area contributed by atoms with Crippen molar-refractivity contribution >= 4 is 46.6 Å². The molecule has 1 aromatic rings. The number of amidine groups is 1. The van der Waals surface area contributed by atoms with Gasteiger partial charge in [0.2, 0.25) is 5.91 Å². The number of hydrogen-bond donors (Lipinski definition) is 0. The summed E-state index contributed by atoms with van der Waals surface area (Å²) in [5.41, 5.74) is 0.681. The molecule has 2 unspecified atom stereocenters. The zero-order valence-corrected chi connectivity index (χ0v) is 18.0. The van der Waals surface area contributed by atoms with Gasteiger partial charge in [-0.15, -0.1) is 12.4 Å². The first kappa shape index (κ1) is 22.5. The van der Waals surface area contributed by atoms with Gasteiger partial charge in [-0.25, -0.2) is 0 Å². The number of nitro benzene ring substituents is 1. The zero-order valence-electron chi connectivity index (χ0n) is 16.4. The van der Waals surface area contributed by atoms with Crippen LogP contribution in [-0.2, 0) is 4.79 Å². The third-order valence-electron chi connectivity index (χ3n) is 5.22. The van der Waals surface area contributed by atoms with E-state index in [9.17, 15) is 14.9 Å². The van der Waals surface area contributed by atoms with Crippen LogP contribution in [0.15, 0.2) is 29.3 Å². The topological polar surface area (TPSA) is 79.0 Å². The Morgan fingerprint density at radius 2 is 1.86 bits per heavy atom. The van der Waals surface area contributed by atoms with Gasteiger partial charge in [0.1, 0.15) is 6.17 Å². The van der Waals surface area contributed by atoms with E-state index in [1.807, 2.05) is 7.05 Å². The van der Waals surface area contributed by atoms with Crippen LogP contribution in [0.5, 0.6) is 0 Å². The van der Waals surface area contributed by atoms with Gasteiger partial charge in [-0.1, -0.05) is 31.0 Å². The van der Waals surface area contributed by atoms with E-state index in [1.54, 1.807) is 28.8 Å². The van der Waals surface area contributed by atoms with Crippen molar-refractivity contribution in [3.63, 3.8) is 0 Å². The smallest absolute Gasteiger partial charge is 0.269 e. The largest absolute Gasteiger partial charge is 0.333 e. The summed E-state index contributed by atoms with van der Waals surface area (Å²) in [5, 5.41) is 12.0. The number of non-ortho nitro benzene ring substituents is 1. The maximum absolute atomic E-state index is 12.5. The molecular weight excluding hydrogens is 400 g/mol. The lowest BCUT2D eigenvalue weighted by Gasteiger charge is -2.35. The molecule has 2 aliphatic rings. The molecule has 1 heterocycles. The predicted octanol–water partition coefficient (Wildman–Crippen LogP) is 4.45. The monoisotopic (exact) mass is 426 g/mol. The Morgan fingerprint density at radius 1 is 1.25 bits per heavy atom. The van der Waals surface area contributed by atoms with Crippen molar-refractivity contribution in [3.8, 4) is 0 Å². The summed E-state index contributed by atoms with van der Waals surface area (Å²) in [6, 6.07) is 6.53. The molecule has 1 amide bonds. The first-order valence-corrected chi connectivity index (χ1v) is 10.3. The first-order chi connectivity index (χ1) is 12.9. The van der Waals surface area contributed by atoms with Gasteiger partial charge < -0.3 is 4.90 Å². The van der Waals surface area contributed by atoms with Crippen molar-refractivity contribution < 1.29 is 9.72 Å². The standard InChI is InChI=1S/C19H26N4O3S.ClH/c1-13-18(21(3)19(27-13)20-15-7-5-4-6-8-15)22(14(2)24)16-9-11-17(12-10-16)23(25)26;/h9-13,15,18H,4-8H2,1-3H3;1H. The molecule has 0 radical (unpaired) electrons. The summed E-state index contributed by atoms with van der Waals surface area (Å²) >= 11 is 1.70. The Bertz CT molecular complexity index is 737. The van der Waals surface area contributed by atoms with Crippen molar-refractivity contribution in [2.75, 3.05) is 11.9 Å².